The molecule has 0 radical (unpaired) electrons. The molecule has 1 aromatic rings. The Labute approximate surface area is 161 Å². The van der Waals surface area contributed by atoms with Crippen molar-refractivity contribution in [1.82, 2.24) is 19.6 Å². The number of piperazine rings is 1. The zero-order valence-corrected chi connectivity index (χ0v) is 17.0. The van der Waals surface area contributed by atoms with Gasteiger partial charge in [-0.2, -0.15) is 5.10 Å². The molecule has 3 heterocycles. The number of carbonyl (C=O) groups is 2. The molecule has 2 aliphatic heterocycles. The lowest BCUT2D eigenvalue weighted by Gasteiger charge is -2.35. The van der Waals surface area contributed by atoms with Gasteiger partial charge in [0, 0.05) is 50.6 Å². The first-order valence-corrected chi connectivity index (χ1v) is 10.1. The summed E-state index contributed by atoms with van der Waals surface area (Å²) in [7, 11) is 0. The molecule has 0 aromatic carbocycles. The van der Waals surface area contributed by atoms with Crippen molar-refractivity contribution >= 4 is 11.8 Å². The van der Waals surface area contributed by atoms with Crippen LogP contribution in [-0.4, -0.2) is 70.3 Å². The Kier molecular flexibility index (Phi) is 6.19. The Morgan fingerprint density at radius 2 is 1.81 bits per heavy atom. The lowest BCUT2D eigenvalue weighted by molar-refractivity contribution is -0.145. The van der Waals surface area contributed by atoms with Crippen LogP contribution in [0.2, 0.25) is 0 Å². The first kappa shape index (κ1) is 19.9. The maximum absolute atomic E-state index is 12.8. The maximum Gasteiger partial charge on any atom is 0.251 e. The molecule has 2 amide bonds. The number of rotatable bonds is 5. The molecule has 2 fully saturated rings. The van der Waals surface area contributed by atoms with Gasteiger partial charge >= 0.3 is 0 Å². The molecule has 0 bridgehead atoms. The van der Waals surface area contributed by atoms with Gasteiger partial charge in [0.25, 0.3) is 5.91 Å². The number of aromatic nitrogens is 2. The molecule has 3 rings (SSSR count). The molecule has 7 nitrogen and oxygen atoms in total. The van der Waals surface area contributed by atoms with Crippen molar-refractivity contribution < 1.29 is 14.3 Å². The highest BCUT2D eigenvalue weighted by Gasteiger charge is 2.31. The maximum atomic E-state index is 12.8. The zero-order valence-electron chi connectivity index (χ0n) is 17.0. The molecule has 150 valence electrons. The molecule has 2 saturated heterocycles. The van der Waals surface area contributed by atoms with Gasteiger partial charge in [0.1, 0.15) is 6.10 Å². The van der Waals surface area contributed by atoms with Gasteiger partial charge < -0.3 is 14.5 Å². The summed E-state index contributed by atoms with van der Waals surface area (Å²) in [6.45, 7) is 12.3. The Balaban J connectivity index is 1.55. The van der Waals surface area contributed by atoms with Crippen LogP contribution < -0.4 is 0 Å². The second-order valence-electron chi connectivity index (χ2n) is 8.11. The number of carbonyl (C=O) groups excluding carboxylic acids is 2. The van der Waals surface area contributed by atoms with Crippen molar-refractivity contribution in [1.29, 1.82) is 0 Å². The van der Waals surface area contributed by atoms with Crippen LogP contribution >= 0.6 is 0 Å². The Morgan fingerprint density at radius 1 is 1.15 bits per heavy atom. The van der Waals surface area contributed by atoms with E-state index in [4.69, 9.17) is 4.74 Å². The molecule has 1 atom stereocenters. The summed E-state index contributed by atoms with van der Waals surface area (Å²) in [4.78, 5) is 28.9. The van der Waals surface area contributed by atoms with Crippen LogP contribution in [0.15, 0.2) is 0 Å². The first-order chi connectivity index (χ1) is 12.9. The molecule has 2 aliphatic rings. The quantitative estimate of drug-likeness (QED) is 0.782. The van der Waals surface area contributed by atoms with Crippen LogP contribution in [0.3, 0.4) is 0 Å². The second kappa shape index (κ2) is 8.42. The van der Waals surface area contributed by atoms with E-state index in [1.807, 2.05) is 28.3 Å². The van der Waals surface area contributed by atoms with Crippen molar-refractivity contribution in [2.45, 2.75) is 59.6 Å². The van der Waals surface area contributed by atoms with Crippen LogP contribution in [0.25, 0.3) is 0 Å². The third-order valence-corrected chi connectivity index (χ3v) is 5.55. The fraction of sp³-hybridized carbons (Fsp3) is 0.750. The summed E-state index contributed by atoms with van der Waals surface area (Å²) < 4.78 is 7.51. The summed E-state index contributed by atoms with van der Waals surface area (Å²) in [5, 5.41) is 4.61. The lowest BCUT2D eigenvalue weighted by atomic mass is 10.1. The van der Waals surface area contributed by atoms with Crippen molar-refractivity contribution in [3.8, 4) is 0 Å². The van der Waals surface area contributed by atoms with Gasteiger partial charge in [-0.05, 0) is 32.6 Å². The standard InChI is InChI=1S/C20H32N4O3/c1-14(2)13-24-16(4)17(15(3)21-24)12-19(25)22-7-9-23(10-8-22)20(26)18-6-5-11-27-18/h14,18H,5-13H2,1-4H3. The molecule has 1 aromatic heterocycles. The summed E-state index contributed by atoms with van der Waals surface area (Å²) in [5.41, 5.74) is 3.06. The van der Waals surface area contributed by atoms with Crippen molar-refractivity contribution in [2.24, 2.45) is 5.92 Å². The van der Waals surface area contributed by atoms with E-state index in [-0.39, 0.29) is 17.9 Å². The van der Waals surface area contributed by atoms with Crippen molar-refractivity contribution in [3.63, 3.8) is 0 Å². The number of nitrogens with zero attached hydrogens (tertiary/aromatic N) is 4. The third-order valence-electron chi connectivity index (χ3n) is 5.55. The van der Waals surface area contributed by atoms with Gasteiger partial charge in [0.05, 0.1) is 12.1 Å². The summed E-state index contributed by atoms with van der Waals surface area (Å²) in [6.07, 6.45) is 1.88. The number of ether oxygens (including phenoxy) is 1. The Morgan fingerprint density at radius 3 is 2.41 bits per heavy atom. The van der Waals surface area contributed by atoms with Crippen molar-refractivity contribution in [2.75, 3.05) is 32.8 Å². The number of amides is 2. The van der Waals surface area contributed by atoms with E-state index in [1.165, 1.54) is 0 Å². The van der Waals surface area contributed by atoms with E-state index < -0.39 is 0 Å². The molecule has 0 saturated carbocycles. The SMILES string of the molecule is Cc1nn(CC(C)C)c(C)c1CC(=O)N1CCN(C(=O)C2CCCO2)CC1. The number of aryl methyl sites for hydroxylation is 1. The highest BCUT2D eigenvalue weighted by atomic mass is 16.5. The molecule has 7 heteroatoms. The van der Waals surface area contributed by atoms with Gasteiger partial charge in [-0.15, -0.1) is 0 Å². The molecule has 0 spiro atoms. The van der Waals surface area contributed by atoms with Gasteiger partial charge in [0.15, 0.2) is 0 Å². The molecular formula is C20H32N4O3. The van der Waals surface area contributed by atoms with E-state index in [0.29, 0.717) is 45.1 Å². The van der Waals surface area contributed by atoms with Gasteiger partial charge in [-0.3, -0.25) is 14.3 Å². The highest BCUT2D eigenvalue weighted by Crippen LogP contribution is 2.18. The minimum Gasteiger partial charge on any atom is -0.368 e. The van der Waals surface area contributed by atoms with E-state index >= 15 is 0 Å². The average molecular weight is 377 g/mol. The van der Waals surface area contributed by atoms with Crippen LogP contribution in [-0.2, 0) is 27.3 Å². The predicted molar refractivity (Wildman–Crippen MR) is 102 cm³/mol. The summed E-state index contributed by atoms with van der Waals surface area (Å²) in [5.74, 6) is 0.719. The summed E-state index contributed by atoms with van der Waals surface area (Å²) >= 11 is 0. The van der Waals surface area contributed by atoms with Gasteiger partial charge in [0.2, 0.25) is 5.91 Å². The minimum atomic E-state index is -0.274. The second-order valence-corrected chi connectivity index (χ2v) is 8.11. The third kappa shape index (κ3) is 4.51. The highest BCUT2D eigenvalue weighted by molar-refractivity contribution is 5.82. The topological polar surface area (TPSA) is 67.7 Å². The Bertz CT molecular complexity index is 684. The van der Waals surface area contributed by atoms with E-state index in [0.717, 1.165) is 36.3 Å². The van der Waals surface area contributed by atoms with Crippen LogP contribution in [0.1, 0.15) is 43.6 Å². The van der Waals surface area contributed by atoms with Gasteiger partial charge in [-0.25, -0.2) is 0 Å². The predicted octanol–water partition coefficient (Wildman–Crippen LogP) is 1.55. The van der Waals surface area contributed by atoms with Gasteiger partial charge in [-0.1, -0.05) is 13.8 Å². The minimum absolute atomic E-state index is 0.0845. The molecule has 1 unspecified atom stereocenters. The van der Waals surface area contributed by atoms with Crippen molar-refractivity contribution in [3.05, 3.63) is 17.0 Å². The smallest absolute Gasteiger partial charge is 0.251 e. The lowest BCUT2D eigenvalue weighted by Crippen LogP contribution is -2.53. The molecular weight excluding hydrogens is 344 g/mol. The monoisotopic (exact) mass is 376 g/mol. The van der Waals surface area contributed by atoms with Crippen LogP contribution in [0, 0.1) is 19.8 Å². The molecule has 27 heavy (non-hydrogen) atoms. The normalized spacial score (nSPS) is 20.6. The first-order valence-electron chi connectivity index (χ1n) is 10.1. The fourth-order valence-corrected chi connectivity index (χ4v) is 3.93. The van der Waals surface area contributed by atoms with Crippen LogP contribution in [0.5, 0.6) is 0 Å². The summed E-state index contributed by atoms with van der Waals surface area (Å²) in [6, 6.07) is 0. The number of hydrogen-bond donors (Lipinski definition) is 0. The van der Waals surface area contributed by atoms with E-state index in [1.54, 1.807) is 0 Å². The zero-order chi connectivity index (χ0) is 19.6. The molecule has 0 N–H and O–H groups in total. The molecule has 0 aliphatic carbocycles. The van der Waals surface area contributed by atoms with E-state index in [9.17, 15) is 9.59 Å². The van der Waals surface area contributed by atoms with Crippen LogP contribution in [0.4, 0.5) is 0 Å². The Hall–Kier alpha value is -1.89. The largest absolute Gasteiger partial charge is 0.368 e. The van der Waals surface area contributed by atoms with E-state index in [2.05, 4.69) is 18.9 Å². The number of hydrogen-bond acceptors (Lipinski definition) is 4. The average Bonchev–Trinajstić information content (AvgIpc) is 3.26. The fourth-order valence-electron chi connectivity index (χ4n) is 3.93.